The minimum Gasteiger partial charge on any atom is -0.481 e. The van der Waals surface area contributed by atoms with Crippen molar-refractivity contribution < 1.29 is 29.3 Å². The minimum atomic E-state index is -1.11. The summed E-state index contributed by atoms with van der Waals surface area (Å²) in [5.74, 6) is -2.26. The highest BCUT2D eigenvalue weighted by atomic mass is 16.6. The fourth-order valence-electron chi connectivity index (χ4n) is 4.06. The van der Waals surface area contributed by atoms with Gasteiger partial charge in [-0.2, -0.15) is 0 Å². The summed E-state index contributed by atoms with van der Waals surface area (Å²) in [6, 6.07) is 6.65. The molecular formula is C21H26N2O6. The molecule has 1 fully saturated rings. The first-order valence-corrected chi connectivity index (χ1v) is 9.56. The Hall–Kier alpha value is -3.03. The van der Waals surface area contributed by atoms with Crippen LogP contribution < -0.4 is 0 Å². The van der Waals surface area contributed by atoms with Crippen LogP contribution in [0.4, 0.5) is 9.59 Å². The number of fused-ring (bicyclic) bond motifs is 1. The topological polar surface area (TPSA) is 109 Å². The van der Waals surface area contributed by atoms with Gasteiger partial charge in [-0.05, 0) is 51.8 Å². The van der Waals surface area contributed by atoms with Crippen molar-refractivity contribution in [3.8, 4) is 0 Å². The van der Waals surface area contributed by atoms with Crippen LogP contribution in [0.15, 0.2) is 30.5 Å². The summed E-state index contributed by atoms with van der Waals surface area (Å²) in [4.78, 5) is 37.1. The number of ether oxygens (including phenoxy) is 1. The summed E-state index contributed by atoms with van der Waals surface area (Å²) in [6.45, 7) is 7.25. The third-order valence-electron chi connectivity index (χ3n) is 5.39. The largest absolute Gasteiger partial charge is 0.481 e. The van der Waals surface area contributed by atoms with Crippen molar-refractivity contribution in [3.05, 3.63) is 36.0 Å². The van der Waals surface area contributed by atoms with E-state index in [2.05, 4.69) is 0 Å². The molecule has 3 rings (SSSR count). The van der Waals surface area contributed by atoms with Crippen LogP contribution in [0.2, 0.25) is 0 Å². The standard InChI is InChI=1S/C21H26N2O6/c1-12-17(18(24)25)15(8-10-22(12)19(26)27)14-6-5-13-7-9-23(16(13)11-14)20(28)29-21(2,3)4/h5-7,9,11-12,15,17H,8,10H2,1-4H3,(H,24,25)(H,26,27)/t12-,15?,17-/m1/s1. The molecule has 8 nitrogen and oxygen atoms in total. The van der Waals surface area contributed by atoms with Crippen molar-refractivity contribution >= 4 is 29.1 Å². The smallest absolute Gasteiger partial charge is 0.418 e. The van der Waals surface area contributed by atoms with E-state index in [0.717, 1.165) is 10.9 Å². The maximum atomic E-state index is 12.5. The maximum Gasteiger partial charge on any atom is 0.418 e. The van der Waals surface area contributed by atoms with Crippen molar-refractivity contribution in [1.82, 2.24) is 9.47 Å². The second-order valence-corrected chi connectivity index (χ2v) is 8.46. The molecule has 8 heteroatoms. The zero-order valence-corrected chi connectivity index (χ0v) is 17.0. The highest BCUT2D eigenvalue weighted by Gasteiger charge is 2.42. The Labute approximate surface area is 168 Å². The molecule has 3 atom stereocenters. The van der Waals surface area contributed by atoms with Crippen LogP contribution in [-0.2, 0) is 9.53 Å². The van der Waals surface area contributed by atoms with E-state index in [4.69, 9.17) is 4.74 Å². The van der Waals surface area contributed by atoms with Gasteiger partial charge in [0.2, 0.25) is 0 Å². The molecule has 2 heterocycles. The number of aliphatic carboxylic acids is 1. The molecule has 1 aliphatic heterocycles. The molecule has 0 bridgehead atoms. The summed E-state index contributed by atoms with van der Waals surface area (Å²) in [5.41, 5.74) is 0.762. The zero-order chi connectivity index (χ0) is 21.5. The van der Waals surface area contributed by atoms with E-state index in [9.17, 15) is 24.6 Å². The number of nitrogens with zero attached hydrogens (tertiary/aromatic N) is 2. The molecule has 1 saturated heterocycles. The van der Waals surface area contributed by atoms with E-state index in [1.54, 1.807) is 40.0 Å². The Morgan fingerprint density at radius 3 is 2.41 bits per heavy atom. The van der Waals surface area contributed by atoms with E-state index in [0.29, 0.717) is 11.9 Å². The highest BCUT2D eigenvalue weighted by Crippen LogP contribution is 2.38. The van der Waals surface area contributed by atoms with Gasteiger partial charge in [-0.15, -0.1) is 0 Å². The molecular weight excluding hydrogens is 376 g/mol. The van der Waals surface area contributed by atoms with Crippen LogP contribution >= 0.6 is 0 Å². The average Bonchev–Trinajstić information content (AvgIpc) is 3.02. The van der Waals surface area contributed by atoms with Crippen molar-refractivity contribution in [2.24, 2.45) is 5.92 Å². The molecule has 29 heavy (non-hydrogen) atoms. The zero-order valence-electron chi connectivity index (χ0n) is 17.0. The van der Waals surface area contributed by atoms with Gasteiger partial charge in [0.1, 0.15) is 5.60 Å². The third kappa shape index (κ3) is 4.06. The second-order valence-electron chi connectivity index (χ2n) is 8.46. The number of amides is 1. The number of likely N-dealkylation sites (tertiary alicyclic amines) is 1. The number of carbonyl (C=O) groups excluding carboxylic acids is 1. The van der Waals surface area contributed by atoms with Crippen LogP contribution in [0.5, 0.6) is 0 Å². The van der Waals surface area contributed by atoms with Gasteiger partial charge in [-0.3, -0.25) is 9.36 Å². The predicted molar refractivity (Wildman–Crippen MR) is 106 cm³/mol. The molecule has 1 aromatic carbocycles. The van der Waals surface area contributed by atoms with E-state index < -0.39 is 35.7 Å². The Bertz CT molecular complexity index is 958. The van der Waals surface area contributed by atoms with Crippen molar-refractivity contribution in [2.75, 3.05) is 6.54 Å². The summed E-state index contributed by atoms with van der Waals surface area (Å²) in [7, 11) is 0. The number of hydrogen-bond acceptors (Lipinski definition) is 4. The van der Waals surface area contributed by atoms with Crippen LogP contribution in [-0.4, -0.2) is 56.0 Å². The minimum absolute atomic E-state index is 0.260. The molecule has 156 valence electrons. The first kappa shape index (κ1) is 20.7. The van der Waals surface area contributed by atoms with Gasteiger partial charge < -0.3 is 19.8 Å². The van der Waals surface area contributed by atoms with Gasteiger partial charge in [0.15, 0.2) is 0 Å². The Balaban J connectivity index is 1.99. The molecule has 1 amide bonds. The number of carboxylic acids is 1. The maximum absolute atomic E-state index is 12.5. The molecule has 1 aromatic heterocycles. The normalized spacial score (nSPS) is 22.5. The number of benzene rings is 1. The first-order chi connectivity index (χ1) is 13.5. The molecule has 0 radical (unpaired) electrons. The molecule has 1 aliphatic rings. The van der Waals surface area contributed by atoms with Gasteiger partial charge in [-0.1, -0.05) is 12.1 Å². The molecule has 2 aromatic rings. The molecule has 0 saturated carbocycles. The van der Waals surface area contributed by atoms with Gasteiger partial charge >= 0.3 is 18.2 Å². The highest BCUT2D eigenvalue weighted by molar-refractivity contribution is 5.90. The molecule has 2 N–H and O–H groups in total. The lowest BCUT2D eigenvalue weighted by Crippen LogP contribution is -2.51. The summed E-state index contributed by atoms with van der Waals surface area (Å²) in [6.07, 6.45) is 0.406. The molecule has 0 spiro atoms. The van der Waals surface area contributed by atoms with E-state index in [1.807, 2.05) is 18.2 Å². The van der Waals surface area contributed by atoms with Crippen molar-refractivity contribution in [3.63, 3.8) is 0 Å². The van der Waals surface area contributed by atoms with Gasteiger partial charge in [0, 0.05) is 30.1 Å². The average molecular weight is 402 g/mol. The van der Waals surface area contributed by atoms with Gasteiger partial charge in [-0.25, -0.2) is 9.59 Å². The monoisotopic (exact) mass is 402 g/mol. The lowest BCUT2D eigenvalue weighted by molar-refractivity contribution is -0.146. The number of aromatic nitrogens is 1. The van der Waals surface area contributed by atoms with Gasteiger partial charge in [0.05, 0.1) is 11.4 Å². The number of hydrogen-bond donors (Lipinski definition) is 2. The third-order valence-corrected chi connectivity index (χ3v) is 5.39. The number of carbonyl (C=O) groups is 3. The molecule has 0 aliphatic carbocycles. The number of piperidine rings is 1. The Kier molecular flexibility index (Phi) is 5.30. The van der Waals surface area contributed by atoms with E-state index in [-0.39, 0.29) is 12.5 Å². The fourth-order valence-corrected chi connectivity index (χ4v) is 4.06. The molecule has 1 unspecified atom stereocenters. The predicted octanol–water partition coefficient (Wildman–Crippen LogP) is 3.98. The first-order valence-electron chi connectivity index (χ1n) is 9.56. The van der Waals surface area contributed by atoms with E-state index >= 15 is 0 Å². The fraction of sp³-hybridized carbons (Fsp3) is 0.476. The van der Waals surface area contributed by atoms with Crippen LogP contribution in [0.1, 0.15) is 45.6 Å². The SMILES string of the molecule is C[C@@H]1[C@@H](C(=O)O)C(c2ccc3ccn(C(=O)OC(C)(C)C)c3c2)CCN1C(=O)O. The number of rotatable bonds is 2. The summed E-state index contributed by atoms with van der Waals surface area (Å²) < 4.78 is 6.86. The van der Waals surface area contributed by atoms with Crippen molar-refractivity contribution in [1.29, 1.82) is 0 Å². The quantitative estimate of drug-likeness (QED) is 0.786. The summed E-state index contributed by atoms with van der Waals surface area (Å²) >= 11 is 0. The van der Waals surface area contributed by atoms with Crippen LogP contribution in [0.3, 0.4) is 0 Å². The van der Waals surface area contributed by atoms with Crippen molar-refractivity contribution in [2.45, 2.75) is 51.7 Å². The Morgan fingerprint density at radius 2 is 1.83 bits per heavy atom. The Morgan fingerprint density at radius 1 is 1.14 bits per heavy atom. The number of carboxylic acid groups (broad SMARTS) is 2. The van der Waals surface area contributed by atoms with Crippen LogP contribution in [0, 0.1) is 5.92 Å². The second kappa shape index (κ2) is 7.42. The summed E-state index contributed by atoms with van der Waals surface area (Å²) in [5, 5.41) is 20.0. The lowest BCUT2D eigenvalue weighted by atomic mass is 9.76. The van der Waals surface area contributed by atoms with Crippen LogP contribution in [0.25, 0.3) is 10.9 Å². The van der Waals surface area contributed by atoms with Gasteiger partial charge in [0.25, 0.3) is 0 Å². The van der Waals surface area contributed by atoms with E-state index in [1.165, 1.54) is 9.47 Å². The lowest BCUT2D eigenvalue weighted by Gasteiger charge is -2.40.